The van der Waals surface area contributed by atoms with Crippen molar-refractivity contribution in [1.82, 2.24) is 9.78 Å². The number of aromatic carboxylic acids is 1. The molecule has 1 aliphatic rings. The van der Waals surface area contributed by atoms with E-state index in [0.29, 0.717) is 18.2 Å². The Morgan fingerprint density at radius 1 is 1.71 bits per heavy atom. The van der Waals surface area contributed by atoms with Gasteiger partial charge < -0.3 is 5.11 Å². The normalized spacial score (nSPS) is 15.9. The molecule has 0 saturated heterocycles. The molecule has 4 nitrogen and oxygen atoms in total. The predicted molar refractivity (Wildman–Crippen MR) is 59.6 cm³/mol. The van der Waals surface area contributed by atoms with Crippen molar-refractivity contribution in [3.8, 4) is 0 Å². The number of aromatic nitrogens is 2. The molecule has 0 radical (unpaired) electrons. The molecular weight excluding hydrogens is 295 g/mol. The fraction of sp³-hybridized carbons (Fsp3) is 0.556. The second-order valence-corrected chi connectivity index (χ2v) is 4.52. The molecule has 0 atom stereocenters. The Bertz CT molecular complexity index is 382. The van der Waals surface area contributed by atoms with E-state index in [9.17, 15) is 4.79 Å². The lowest BCUT2D eigenvalue weighted by atomic mass is 10.3. The standard InChI is InChI=1S/C9H11IN2O2/c1-2-12-8(9(13)14)6(10)7(11-12)5-3-4-5/h5H,2-4H2,1H3,(H,13,14). The Morgan fingerprint density at radius 2 is 2.36 bits per heavy atom. The van der Waals surface area contributed by atoms with Crippen molar-refractivity contribution < 1.29 is 9.90 Å². The fourth-order valence-corrected chi connectivity index (χ4v) is 2.57. The molecule has 0 bridgehead atoms. The molecule has 1 aliphatic carbocycles. The van der Waals surface area contributed by atoms with Crippen molar-refractivity contribution in [1.29, 1.82) is 0 Å². The van der Waals surface area contributed by atoms with E-state index in [4.69, 9.17) is 5.11 Å². The minimum Gasteiger partial charge on any atom is -0.476 e. The monoisotopic (exact) mass is 306 g/mol. The van der Waals surface area contributed by atoms with Crippen molar-refractivity contribution >= 4 is 28.6 Å². The summed E-state index contributed by atoms with van der Waals surface area (Å²) in [5.41, 5.74) is 1.32. The molecule has 2 rings (SSSR count). The summed E-state index contributed by atoms with van der Waals surface area (Å²) in [4.78, 5) is 11.0. The summed E-state index contributed by atoms with van der Waals surface area (Å²) < 4.78 is 2.40. The van der Waals surface area contributed by atoms with Crippen molar-refractivity contribution in [2.24, 2.45) is 0 Å². The van der Waals surface area contributed by atoms with Gasteiger partial charge in [0.05, 0.1) is 9.26 Å². The van der Waals surface area contributed by atoms with Crippen LogP contribution in [-0.4, -0.2) is 20.9 Å². The molecule has 0 aliphatic heterocycles. The number of hydrogen-bond donors (Lipinski definition) is 1. The molecule has 0 spiro atoms. The molecule has 1 saturated carbocycles. The van der Waals surface area contributed by atoms with Gasteiger partial charge in [-0.3, -0.25) is 4.68 Å². The van der Waals surface area contributed by atoms with E-state index in [1.807, 2.05) is 6.92 Å². The lowest BCUT2D eigenvalue weighted by Gasteiger charge is -1.98. The summed E-state index contributed by atoms with van der Waals surface area (Å²) >= 11 is 2.09. The Hall–Kier alpha value is -0.590. The fourth-order valence-electron chi connectivity index (χ4n) is 1.51. The first kappa shape index (κ1) is 9.95. The van der Waals surface area contributed by atoms with Crippen molar-refractivity contribution in [2.45, 2.75) is 32.2 Å². The van der Waals surface area contributed by atoms with Gasteiger partial charge in [0.15, 0.2) is 5.69 Å². The minimum absolute atomic E-state index is 0.343. The van der Waals surface area contributed by atoms with Gasteiger partial charge in [0.25, 0.3) is 0 Å². The summed E-state index contributed by atoms with van der Waals surface area (Å²) in [6, 6.07) is 0. The number of aryl methyl sites for hydroxylation is 1. The minimum atomic E-state index is -0.879. The molecular formula is C9H11IN2O2. The van der Waals surface area contributed by atoms with E-state index < -0.39 is 5.97 Å². The van der Waals surface area contributed by atoms with Crippen molar-refractivity contribution in [2.75, 3.05) is 0 Å². The van der Waals surface area contributed by atoms with Gasteiger partial charge in [-0.25, -0.2) is 4.79 Å². The Balaban J connectivity index is 2.49. The molecule has 1 fully saturated rings. The molecule has 0 unspecified atom stereocenters. The van der Waals surface area contributed by atoms with Crippen molar-refractivity contribution in [3.63, 3.8) is 0 Å². The molecule has 1 heterocycles. The maximum absolute atomic E-state index is 11.0. The van der Waals surface area contributed by atoms with Crippen LogP contribution in [0.2, 0.25) is 0 Å². The Labute approximate surface area is 95.4 Å². The van der Waals surface area contributed by atoms with E-state index in [-0.39, 0.29) is 0 Å². The SMILES string of the molecule is CCn1nc(C2CC2)c(I)c1C(=O)O. The van der Waals surface area contributed by atoms with Crippen LogP contribution in [-0.2, 0) is 6.54 Å². The van der Waals surface area contributed by atoms with Gasteiger partial charge >= 0.3 is 5.97 Å². The number of nitrogens with zero attached hydrogens (tertiary/aromatic N) is 2. The van der Waals surface area contributed by atoms with Crippen LogP contribution in [0.1, 0.15) is 41.9 Å². The number of carboxylic acids is 1. The second kappa shape index (κ2) is 3.52. The molecule has 1 aromatic rings. The first-order valence-corrected chi connectivity index (χ1v) is 5.72. The van der Waals surface area contributed by atoms with Crippen LogP contribution in [0.3, 0.4) is 0 Å². The Morgan fingerprint density at radius 3 is 2.71 bits per heavy atom. The molecule has 0 aromatic carbocycles. The van der Waals surface area contributed by atoms with E-state index in [2.05, 4.69) is 27.7 Å². The van der Waals surface area contributed by atoms with Crippen molar-refractivity contribution in [3.05, 3.63) is 15.0 Å². The summed E-state index contributed by atoms with van der Waals surface area (Å²) in [6.45, 7) is 2.52. The van der Waals surface area contributed by atoms with Crippen LogP contribution >= 0.6 is 22.6 Å². The number of halogens is 1. The van der Waals surface area contributed by atoms with Gasteiger partial charge in [-0.15, -0.1) is 0 Å². The molecule has 5 heteroatoms. The van der Waals surface area contributed by atoms with Crippen LogP contribution in [0.5, 0.6) is 0 Å². The smallest absolute Gasteiger partial charge is 0.355 e. The number of hydrogen-bond acceptors (Lipinski definition) is 2. The highest BCUT2D eigenvalue weighted by Gasteiger charge is 2.32. The van der Waals surface area contributed by atoms with Gasteiger partial charge in [0.1, 0.15) is 0 Å². The van der Waals surface area contributed by atoms with E-state index in [1.54, 1.807) is 4.68 Å². The van der Waals surface area contributed by atoms with E-state index in [1.165, 1.54) is 0 Å². The summed E-state index contributed by atoms with van der Waals surface area (Å²) in [6.07, 6.45) is 2.30. The van der Waals surface area contributed by atoms with Gasteiger partial charge in [0, 0.05) is 12.5 Å². The zero-order chi connectivity index (χ0) is 10.3. The predicted octanol–water partition coefficient (Wildman–Crippen LogP) is 2.08. The maximum Gasteiger partial charge on any atom is 0.355 e. The van der Waals surface area contributed by atoms with Gasteiger partial charge in [0.2, 0.25) is 0 Å². The lowest BCUT2D eigenvalue weighted by molar-refractivity contribution is 0.0682. The third-order valence-corrected chi connectivity index (χ3v) is 3.45. The second-order valence-electron chi connectivity index (χ2n) is 3.44. The topological polar surface area (TPSA) is 55.1 Å². The molecule has 0 amide bonds. The Kier molecular flexibility index (Phi) is 2.50. The van der Waals surface area contributed by atoms with Crippen LogP contribution < -0.4 is 0 Å². The van der Waals surface area contributed by atoms with Gasteiger partial charge in [-0.2, -0.15) is 5.10 Å². The number of rotatable bonds is 3. The summed E-state index contributed by atoms with van der Waals surface area (Å²) in [5, 5.41) is 13.4. The third kappa shape index (κ3) is 1.53. The molecule has 76 valence electrons. The van der Waals surface area contributed by atoms with Crippen LogP contribution in [0, 0.1) is 3.57 Å². The highest BCUT2D eigenvalue weighted by Crippen LogP contribution is 2.41. The first-order valence-electron chi connectivity index (χ1n) is 4.64. The van der Waals surface area contributed by atoms with E-state index in [0.717, 1.165) is 22.1 Å². The van der Waals surface area contributed by atoms with Gasteiger partial charge in [-0.1, -0.05) is 0 Å². The quantitative estimate of drug-likeness (QED) is 0.870. The number of carboxylic acid groups (broad SMARTS) is 1. The molecule has 14 heavy (non-hydrogen) atoms. The average molecular weight is 306 g/mol. The highest BCUT2D eigenvalue weighted by molar-refractivity contribution is 14.1. The zero-order valence-electron chi connectivity index (χ0n) is 7.83. The van der Waals surface area contributed by atoms with Crippen LogP contribution in [0.15, 0.2) is 0 Å². The summed E-state index contributed by atoms with van der Waals surface area (Å²) in [7, 11) is 0. The van der Waals surface area contributed by atoms with Gasteiger partial charge in [-0.05, 0) is 42.4 Å². The highest BCUT2D eigenvalue weighted by atomic mass is 127. The average Bonchev–Trinajstić information content (AvgIpc) is 2.90. The molecule has 1 aromatic heterocycles. The third-order valence-electron chi connectivity index (χ3n) is 2.39. The molecule has 1 N–H and O–H groups in total. The maximum atomic E-state index is 11.0. The summed E-state index contributed by atoms with van der Waals surface area (Å²) in [5.74, 6) is -0.372. The number of carbonyl (C=O) groups is 1. The van der Waals surface area contributed by atoms with Crippen LogP contribution in [0.25, 0.3) is 0 Å². The zero-order valence-corrected chi connectivity index (χ0v) is 9.98. The lowest BCUT2D eigenvalue weighted by Crippen LogP contribution is -2.09. The van der Waals surface area contributed by atoms with E-state index >= 15 is 0 Å². The largest absolute Gasteiger partial charge is 0.476 e. The first-order chi connectivity index (χ1) is 6.65. The van der Waals surface area contributed by atoms with Crippen LogP contribution in [0.4, 0.5) is 0 Å².